The number of aromatic nitrogens is 1. The molecule has 3 rings (SSSR count). The first-order valence-corrected chi connectivity index (χ1v) is 7.19. The van der Waals surface area contributed by atoms with Gasteiger partial charge >= 0.3 is 0 Å². The largest absolute Gasteiger partial charge is 0.370 e. The van der Waals surface area contributed by atoms with Crippen LogP contribution in [-0.4, -0.2) is 17.5 Å². The standard InChI is InChI=1S/C16H20N4.HI/c17-16(19-10-12-4-3-5-12)20-11-15-14-7-2-1-6-13(14)8-9-18-15;/h1-2,6-9,12H,3-5,10-11H2,(H3,17,19,20);1H. The van der Waals surface area contributed by atoms with Gasteiger partial charge in [-0.1, -0.05) is 30.7 Å². The molecule has 0 amide bonds. The van der Waals surface area contributed by atoms with Crippen molar-refractivity contribution in [1.29, 1.82) is 0 Å². The SMILES string of the molecule is I.NC(=NCc1nccc2ccccc12)NCC1CCC1. The molecule has 0 spiro atoms. The van der Waals surface area contributed by atoms with E-state index in [2.05, 4.69) is 27.4 Å². The summed E-state index contributed by atoms with van der Waals surface area (Å²) in [6, 6.07) is 10.2. The Hall–Kier alpha value is -1.37. The molecule has 0 aliphatic heterocycles. The third-order valence-electron chi connectivity index (χ3n) is 3.95. The minimum atomic E-state index is 0. The van der Waals surface area contributed by atoms with Crippen molar-refractivity contribution >= 4 is 40.7 Å². The number of nitrogens with zero attached hydrogens (tertiary/aromatic N) is 2. The maximum absolute atomic E-state index is 5.90. The molecule has 0 radical (unpaired) electrons. The third-order valence-corrected chi connectivity index (χ3v) is 3.95. The van der Waals surface area contributed by atoms with Gasteiger partial charge in [-0.2, -0.15) is 0 Å². The first kappa shape index (κ1) is 16.0. The van der Waals surface area contributed by atoms with E-state index < -0.39 is 0 Å². The van der Waals surface area contributed by atoms with Gasteiger partial charge < -0.3 is 11.1 Å². The normalized spacial score (nSPS) is 15.3. The zero-order chi connectivity index (χ0) is 13.8. The van der Waals surface area contributed by atoms with E-state index in [1.807, 2.05) is 24.4 Å². The number of hydrogen-bond donors (Lipinski definition) is 2. The summed E-state index contributed by atoms with van der Waals surface area (Å²) in [6.45, 7) is 1.46. The number of hydrogen-bond acceptors (Lipinski definition) is 2. The summed E-state index contributed by atoms with van der Waals surface area (Å²) in [5.74, 6) is 1.30. The smallest absolute Gasteiger partial charge is 0.188 e. The molecule has 1 aliphatic rings. The maximum Gasteiger partial charge on any atom is 0.188 e. The number of fused-ring (bicyclic) bond motifs is 1. The Kier molecular flexibility index (Phi) is 5.78. The van der Waals surface area contributed by atoms with Gasteiger partial charge in [-0.25, -0.2) is 4.99 Å². The molecular weight excluding hydrogens is 375 g/mol. The lowest BCUT2D eigenvalue weighted by molar-refractivity contribution is 0.315. The van der Waals surface area contributed by atoms with Crippen molar-refractivity contribution in [3.63, 3.8) is 0 Å². The number of benzene rings is 1. The average Bonchev–Trinajstić information content (AvgIpc) is 2.43. The van der Waals surface area contributed by atoms with Crippen LogP contribution in [0.2, 0.25) is 0 Å². The fraction of sp³-hybridized carbons (Fsp3) is 0.375. The maximum atomic E-state index is 5.90. The van der Waals surface area contributed by atoms with Crippen molar-refractivity contribution in [3.05, 3.63) is 42.2 Å². The van der Waals surface area contributed by atoms with Crippen LogP contribution >= 0.6 is 24.0 Å². The second kappa shape index (κ2) is 7.59. The molecule has 3 N–H and O–H groups in total. The molecule has 4 nitrogen and oxygen atoms in total. The monoisotopic (exact) mass is 396 g/mol. The molecule has 0 atom stereocenters. The van der Waals surface area contributed by atoms with Crippen LogP contribution in [0.25, 0.3) is 10.8 Å². The van der Waals surface area contributed by atoms with E-state index in [0.29, 0.717) is 12.5 Å². The summed E-state index contributed by atoms with van der Waals surface area (Å²) >= 11 is 0. The van der Waals surface area contributed by atoms with Crippen molar-refractivity contribution in [2.24, 2.45) is 16.6 Å². The molecule has 1 fully saturated rings. The predicted molar refractivity (Wildman–Crippen MR) is 97.8 cm³/mol. The number of rotatable bonds is 4. The molecule has 1 aliphatic carbocycles. The Morgan fingerprint density at radius 2 is 2.10 bits per heavy atom. The van der Waals surface area contributed by atoms with E-state index in [4.69, 9.17) is 5.73 Å². The molecule has 1 aromatic heterocycles. The molecule has 112 valence electrons. The van der Waals surface area contributed by atoms with Gasteiger partial charge in [-0.15, -0.1) is 24.0 Å². The lowest BCUT2D eigenvalue weighted by Gasteiger charge is -2.25. The number of nitrogens with two attached hydrogens (primary N) is 1. The average molecular weight is 396 g/mol. The topological polar surface area (TPSA) is 63.3 Å². The van der Waals surface area contributed by atoms with Crippen molar-refractivity contribution < 1.29 is 0 Å². The molecule has 0 unspecified atom stereocenters. The molecule has 2 aromatic rings. The molecule has 1 saturated carbocycles. The molecule has 21 heavy (non-hydrogen) atoms. The van der Waals surface area contributed by atoms with Gasteiger partial charge in [0.25, 0.3) is 0 Å². The van der Waals surface area contributed by atoms with Crippen LogP contribution in [0, 0.1) is 5.92 Å². The van der Waals surface area contributed by atoms with Crippen LogP contribution in [0.5, 0.6) is 0 Å². The number of nitrogens with one attached hydrogen (secondary N) is 1. The highest BCUT2D eigenvalue weighted by Crippen LogP contribution is 2.25. The van der Waals surface area contributed by atoms with E-state index in [1.54, 1.807) is 0 Å². The molecule has 1 aromatic carbocycles. The van der Waals surface area contributed by atoms with Gasteiger partial charge in [-0.05, 0) is 30.2 Å². The van der Waals surface area contributed by atoms with Crippen molar-refractivity contribution in [1.82, 2.24) is 10.3 Å². The van der Waals surface area contributed by atoms with E-state index in [1.165, 1.54) is 24.6 Å². The van der Waals surface area contributed by atoms with Gasteiger partial charge in [0.2, 0.25) is 0 Å². The number of aliphatic imine (C=N–C) groups is 1. The van der Waals surface area contributed by atoms with E-state index in [-0.39, 0.29) is 24.0 Å². The van der Waals surface area contributed by atoms with E-state index in [9.17, 15) is 0 Å². The second-order valence-corrected chi connectivity index (χ2v) is 5.36. The van der Waals surface area contributed by atoms with Crippen LogP contribution in [0.1, 0.15) is 25.0 Å². The highest BCUT2D eigenvalue weighted by atomic mass is 127. The highest BCUT2D eigenvalue weighted by molar-refractivity contribution is 14.0. The summed E-state index contributed by atoms with van der Waals surface area (Å²) in [6.07, 6.45) is 5.80. The number of halogens is 1. The first-order valence-electron chi connectivity index (χ1n) is 7.19. The molecule has 1 heterocycles. The van der Waals surface area contributed by atoms with Crippen LogP contribution < -0.4 is 11.1 Å². The van der Waals surface area contributed by atoms with Gasteiger partial charge in [0, 0.05) is 18.1 Å². The lowest BCUT2D eigenvalue weighted by Crippen LogP contribution is -2.37. The van der Waals surface area contributed by atoms with Crippen LogP contribution in [-0.2, 0) is 6.54 Å². The van der Waals surface area contributed by atoms with Crippen molar-refractivity contribution in [2.75, 3.05) is 6.54 Å². The van der Waals surface area contributed by atoms with Crippen molar-refractivity contribution in [3.8, 4) is 0 Å². The summed E-state index contributed by atoms with van der Waals surface area (Å²) in [5, 5.41) is 5.54. The van der Waals surface area contributed by atoms with Crippen LogP contribution in [0.4, 0.5) is 0 Å². The van der Waals surface area contributed by atoms with E-state index >= 15 is 0 Å². The zero-order valence-electron chi connectivity index (χ0n) is 12.0. The lowest BCUT2D eigenvalue weighted by atomic mass is 9.85. The van der Waals surface area contributed by atoms with Gasteiger partial charge in [0.15, 0.2) is 5.96 Å². The fourth-order valence-electron chi connectivity index (χ4n) is 2.47. The Morgan fingerprint density at radius 3 is 2.86 bits per heavy atom. The van der Waals surface area contributed by atoms with E-state index in [0.717, 1.165) is 23.5 Å². The fourth-order valence-corrected chi connectivity index (χ4v) is 2.47. The minimum Gasteiger partial charge on any atom is -0.370 e. The highest BCUT2D eigenvalue weighted by Gasteiger charge is 2.16. The molecule has 5 heteroatoms. The summed E-state index contributed by atoms with van der Waals surface area (Å²) in [5.41, 5.74) is 6.87. The Bertz CT molecular complexity index is 617. The Labute approximate surface area is 142 Å². The van der Waals surface area contributed by atoms with Crippen LogP contribution in [0.15, 0.2) is 41.5 Å². The quantitative estimate of drug-likeness (QED) is 0.475. The molecular formula is C16H21IN4. The van der Waals surface area contributed by atoms with Gasteiger partial charge in [0.1, 0.15) is 0 Å². The zero-order valence-corrected chi connectivity index (χ0v) is 14.3. The first-order chi connectivity index (χ1) is 9.83. The van der Waals surface area contributed by atoms with Crippen LogP contribution in [0.3, 0.4) is 0 Å². The Balaban J connectivity index is 0.00000161. The summed E-state index contributed by atoms with van der Waals surface area (Å²) < 4.78 is 0. The third kappa shape index (κ3) is 4.06. The summed E-state index contributed by atoms with van der Waals surface area (Å²) in [7, 11) is 0. The molecule has 0 bridgehead atoms. The Morgan fingerprint density at radius 1 is 1.29 bits per heavy atom. The summed E-state index contributed by atoms with van der Waals surface area (Å²) in [4.78, 5) is 8.81. The number of guanidine groups is 1. The van der Waals surface area contributed by atoms with Gasteiger partial charge in [0.05, 0.1) is 12.2 Å². The van der Waals surface area contributed by atoms with Gasteiger partial charge in [-0.3, -0.25) is 4.98 Å². The number of pyridine rings is 1. The minimum absolute atomic E-state index is 0. The van der Waals surface area contributed by atoms with Crippen molar-refractivity contribution in [2.45, 2.75) is 25.8 Å². The second-order valence-electron chi connectivity index (χ2n) is 5.36. The predicted octanol–water partition coefficient (Wildman–Crippen LogP) is 3.06. The molecule has 0 saturated heterocycles.